The van der Waals surface area contributed by atoms with E-state index in [1.165, 1.54) is 24.3 Å². The van der Waals surface area contributed by atoms with Crippen LogP contribution in [0.1, 0.15) is 31.2 Å². The van der Waals surface area contributed by atoms with Crippen LogP contribution in [0.15, 0.2) is 72.8 Å². The van der Waals surface area contributed by atoms with Crippen LogP contribution < -0.4 is 20.1 Å². The van der Waals surface area contributed by atoms with E-state index in [9.17, 15) is 22.4 Å². The summed E-state index contributed by atoms with van der Waals surface area (Å²) in [6.07, 6.45) is 3.04. The minimum Gasteiger partial charge on any atom is -0.481 e. The highest BCUT2D eigenvalue weighted by molar-refractivity contribution is 7.92. The van der Waals surface area contributed by atoms with Gasteiger partial charge < -0.3 is 20.5 Å². The van der Waals surface area contributed by atoms with Gasteiger partial charge in [0.15, 0.2) is 0 Å². The van der Waals surface area contributed by atoms with Crippen LogP contribution in [0, 0.1) is 5.82 Å². The van der Waals surface area contributed by atoms with Gasteiger partial charge in [0.2, 0.25) is 15.9 Å². The Hall–Kier alpha value is -3.71. The number of carboxylic acids is 1. The molecular formula is C30H36ClFN4O6S. The maximum atomic E-state index is 13.4. The third kappa shape index (κ3) is 11.1. The van der Waals surface area contributed by atoms with E-state index in [0.29, 0.717) is 55.3 Å². The van der Waals surface area contributed by atoms with Crippen molar-refractivity contribution in [3.8, 4) is 11.5 Å². The zero-order chi connectivity index (χ0) is 30.1. The Morgan fingerprint density at radius 3 is 2.19 bits per heavy atom. The lowest BCUT2D eigenvalue weighted by atomic mass is 9.95. The number of halogens is 2. The third-order valence-electron chi connectivity index (χ3n) is 6.83. The number of hydrogen-bond donors (Lipinski definition) is 4. The summed E-state index contributed by atoms with van der Waals surface area (Å²) in [6, 6.07) is 19.4. The molecule has 13 heteroatoms. The molecule has 3 aromatic rings. The number of piperidine rings is 1. The minimum absolute atomic E-state index is 0. The second-order valence-electron chi connectivity index (χ2n) is 10.3. The number of ether oxygens (including phenoxy) is 1. The number of benzene rings is 3. The first-order valence-electron chi connectivity index (χ1n) is 13.6. The summed E-state index contributed by atoms with van der Waals surface area (Å²) in [7, 11) is -3.36. The van der Waals surface area contributed by atoms with Gasteiger partial charge in [-0.3, -0.25) is 19.2 Å². The van der Waals surface area contributed by atoms with Crippen molar-refractivity contribution < 1.29 is 32.2 Å². The van der Waals surface area contributed by atoms with Gasteiger partial charge in [-0.2, -0.15) is 0 Å². The zero-order valence-electron chi connectivity index (χ0n) is 23.7. The molecule has 1 aliphatic heterocycles. The first-order valence-corrected chi connectivity index (χ1v) is 15.5. The first-order chi connectivity index (χ1) is 20.0. The minimum atomic E-state index is -3.36. The quantitative estimate of drug-likeness (QED) is 0.196. The maximum absolute atomic E-state index is 13.4. The molecule has 2 atom stereocenters. The number of hydrogen-bond acceptors (Lipinski definition) is 7. The molecular weight excluding hydrogens is 599 g/mol. The Balaban J connectivity index is 0.00000506. The number of carbonyl (C=O) groups excluding carboxylic acids is 1. The lowest BCUT2D eigenvalue weighted by Crippen LogP contribution is -2.53. The lowest BCUT2D eigenvalue weighted by molar-refractivity contribution is -0.137. The fraction of sp³-hybridized carbons (Fsp3) is 0.333. The van der Waals surface area contributed by atoms with Crippen LogP contribution >= 0.6 is 12.4 Å². The van der Waals surface area contributed by atoms with Gasteiger partial charge >= 0.3 is 5.97 Å². The summed E-state index contributed by atoms with van der Waals surface area (Å²) < 4.78 is 44.4. The molecule has 43 heavy (non-hydrogen) atoms. The highest BCUT2D eigenvalue weighted by atomic mass is 35.5. The Kier molecular flexibility index (Phi) is 12.3. The summed E-state index contributed by atoms with van der Waals surface area (Å²) in [6.45, 7) is 1.74. The zero-order valence-corrected chi connectivity index (χ0v) is 25.3. The van der Waals surface area contributed by atoms with E-state index in [0.717, 1.165) is 18.2 Å². The number of aliphatic carboxylic acids is 1. The van der Waals surface area contributed by atoms with E-state index in [-0.39, 0.29) is 36.6 Å². The molecule has 0 bridgehead atoms. The molecule has 0 saturated carbocycles. The number of nitrogens with zero attached hydrogens (tertiary/aromatic N) is 1. The highest BCUT2D eigenvalue weighted by Gasteiger charge is 2.33. The van der Waals surface area contributed by atoms with Crippen molar-refractivity contribution >= 4 is 45.7 Å². The summed E-state index contributed by atoms with van der Waals surface area (Å²) in [5.74, 6) is -0.243. The molecule has 232 valence electrons. The highest BCUT2D eigenvalue weighted by Crippen LogP contribution is 2.26. The summed E-state index contributed by atoms with van der Waals surface area (Å²) in [5, 5.41) is 15.2. The Morgan fingerprint density at radius 1 is 0.977 bits per heavy atom. The van der Waals surface area contributed by atoms with Gasteiger partial charge in [-0.25, -0.2) is 12.8 Å². The predicted molar refractivity (Wildman–Crippen MR) is 166 cm³/mol. The topological polar surface area (TPSA) is 137 Å². The van der Waals surface area contributed by atoms with Crippen LogP contribution in [-0.2, 0) is 26.2 Å². The smallest absolute Gasteiger partial charge is 0.303 e. The van der Waals surface area contributed by atoms with Crippen LogP contribution in [0.2, 0.25) is 0 Å². The van der Waals surface area contributed by atoms with E-state index in [2.05, 4.69) is 20.3 Å². The van der Waals surface area contributed by atoms with Crippen molar-refractivity contribution in [1.29, 1.82) is 0 Å². The van der Waals surface area contributed by atoms with Crippen LogP contribution in [0.25, 0.3) is 0 Å². The molecule has 0 aromatic heterocycles. The first kappa shape index (κ1) is 33.8. The van der Waals surface area contributed by atoms with Crippen LogP contribution in [-0.4, -0.2) is 61.7 Å². The van der Waals surface area contributed by atoms with Crippen molar-refractivity contribution in [3.05, 3.63) is 84.2 Å². The summed E-state index contributed by atoms with van der Waals surface area (Å²) in [4.78, 5) is 26.3. The molecule has 4 rings (SSSR count). The van der Waals surface area contributed by atoms with Gasteiger partial charge in [0, 0.05) is 36.9 Å². The number of amides is 1. The second kappa shape index (κ2) is 15.7. The van der Waals surface area contributed by atoms with Crippen molar-refractivity contribution in [2.75, 3.05) is 29.4 Å². The average molecular weight is 635 g/mol. The van der Waals surface area contributed by atoms with Crippen LogP contribution in [0.5, 0.6) is 11.5 Å². The van der Waals surface area contributed by atoms with Crippen molar-refractivity contribution in [2.45, 2.75) is 44.3 Å². The van der Waals surface area contributed by atoms with Crippen molar-refractivity contribution in [1.82, 2.24) is 10.2 Å². The third-order valence-corrected chi connectivity index (χ3v) is 7.44. The summed E-state index contributed by atoms with van der Waals surface area (Å²) >= 11 is 0. The normalized spacial score (nSPS) is 17.0. The molecule has 4 N–H and O–H groups in total. The van der Waals surface area contributed by atoms with Gasteiger partial charge in [0.05, 0.1) is 12.3 Å². The number of sulfonamides is 1. The Morgan fingerprint density at radius 2 is 1.58 bits per heavy atom. The van der Waals surface area contributed by atoms with Gasteiger partial charge in [0.25, 0.3) is 0 Å². The molecule has 1 heterocycles. The number of carbonyl (C=O) groups is 2. The fourth-order valence-electron chi connectivity index (χ4n) is 4.80. The molecule has 3 aromatic carbocycles. The number of likely N-dealkylation sites (tertiary alicyclic amines) is 1. The maximum Gasteiger partial charge on any atom is 0.303 e. The second-order valence-corrected chi connectivity index (χ2v) is 12.0. The molecule has 0 aliphatic carbocycles. The van der Waals surface area contributed by atoms with Gasteiger partial charge in [-0.15, -0.1) is 12.4 Å². The Bertz CT molecular complexity index is 1460. The van der Waals surface area contributed by atoms with Crippen molar-refractivity contribution in [2.24, 2.45) is 0 Å². The van der Waals surface area contributed by atoms with E-state index in [4.69, 9.17) is 9.84 Å². The molecule has 2 unspecified atom stereocenters. The number of anilines is 2. The standard InChI is InChI=1S/C30H35FN4O6S.ClH/c1-42(39,40)34-24-10-14-27(15-11-24)41-26-12-4-21(5-13-26)20-35-18-16-25(32-17-2-3-29(36)37)19-28(35)30(38)33-23-8-6-22(31)7-9-23;/h4-15,25,28,32,34H,2-3,16-20H2,1H3,(H,33,38)(H,36,37);1H. The number of carboxylic acid groups (broad SMARTS) is 1. The number of rotatable bonds is 13. The van der Waals surface area contributed by atoms with Crippen LogP contribution in [0.3, 0.4) is 0 Å². The molecule has 1 aliphatic rings. The molecule has 1 saturated heterocycles. The Labute approximate surface area is 257 Å². The SMILES string of the molecule is CS(=O)(=O)Nc1ccc(Oc2ccc(CN3CCC(NCCCC(=O)O)CC3C(=O)Nc3ccc(F)cc3)cc2)cc1.Cl. The fourth-order valence-corrected chi connectivity index (χ4v) is 5.37. The van der Waals surface area contributed by atoms with Gasteiger partial charge in [-0.1, -0.05) is 12.1 Å². The van der Waals surface area contributed by atoms with Gasteiger partial charge in [-0.05, 0) is 92.0 Å². The molecule has 1 amide bonds. The average Bonchev–Trinajstić information content (AvgIpc) is 2.94. The summed E-state index contributed by atoms with van der Waals surface area (Å²) in [5.41, 5.74) is 1.94. The largest absolute Gasteiger partial charge is 0.481 e. The van der Waals surface area contributed by atoms with Gasteiger partial charge in [0.1, 0.15) is 17.3 Å². The van der Waals surface area contributed by atoms with E-state index < -0.39 is 22.0 Å². The molecule has 10 nitrogen and oxygen atoms in total. The van der Waals surface area contributed by atoms with E-state index in [1.54, 1.807) is 24.3 Å². The molecule has 0 radical (unpaired) electrons. The van der Waals surface area contributed by atoms with Crippen molar-refractivity contribution in [3.63, 3.8) is 0 Å². The molecule has 1 fully saturated rings. The van der Waals surface area contributed by atoms with Crippen LogP contribution in [0.4, 0.5) is 15.8 Å². The monoisotopic (exact) mass is 634 g/mol. The predicted octanol–water partition coefficient (Wildman–Crippen LogP) is 4.84. The van der Waals surface area contributed by atoms with E-state index in [1.807, 2.05) is 24.3 Å². The number of nitrogens with one attached hydrogen (secondary N) is 3. The molecule has 0 spiro atoms. The van der Waals surface area contributed by atoms with E-state index >= 15 is 0 Å². The lowest BCUT2D eigenvalue weighted by Gasteiger charge is -2.39.